The lowest BCUT2D eigenvalue weighted by Crippen LogP contribution is -2.74. The number of nitrogens with two attached hydrogens (primary N) is 1. The van der Waals surface area contributed by atoms with Crippen molar-refractivity contribution in [1.82, 2.24) is 4.90 Å². The van der Waals surface area contributed by atoms with Crippen molar-refractivity contribution in [3.8, 4) is 5.75 Å². The number of primary amides is 1. The van der Waals surface area contributed by atoms with Gasteiger partial charge in [0.25, 0.3) is 0 Å². The maximum absolute atomic E-state index is 13.8. The molecule has 2 unspecified atom stereocenters. The Morgan fingerprint density at radius 2 is 1.80 bits per heavy atom. The zero-order chi connectivity index (χ0) is 26.0. The number of amides is 1. The van der Waals surface area contributed by atoms with Crippen LogP contribution in [0.15, 0.2) is 6.07 Å². The number of Topliss-reactive ketones (excluding diaryl/α,β-unsaturated/α-hetero) is 4. The number of aryl methyl sites for hydroxylation is 2. The molecule has 1 amide bonds. The summed E-state index contributed by atoms with van der Waals surface area (Å²) in [6.07, 6.45) is 2.37. The maximum Gasteiger partial charge on any atom is 0.235 e. The molecule has 1 aromatic rings. The fourth-order valence-corrected chi connectivity index (χ4v) is 6.57. The fraction of sp³-hybridized carbons (Fsp3) is 0.577. The van der Waals surface area contributed by atoms with Crippen LogP contribution in [0.2, 0.25) is 0 Å². The van der Waals surface area contributed by atoms with Crippen LogP contribution in [-0.4, -0.2) is 69.9 Å². The number of aromatic hydroxyl groups is 1. The Hall–Kier alpha value is -2.91. The smallest absolute Gasteiger partial charge is 0.235 e. The van der Waals surface area contributed by atoms with E-state index in [1.807, 2.05) is 19.9 Å². The van der Waals surface area contributed by atoms with Crippen molar-refractivity contribution in [3.63, 3.8) is 0 Å². The van der Waals surface area contributed by atoms with Gasteiger partial charge in [-0.1, -0.05) is 26.3 Å². The number of carbonyl (C=O) groups excluding carboxylic acids is 5. The van der Waals surface area contributed by atoms with Crippen molar-refractivity contribution in [3.05, 3.63) is 28.3 Å². The summed E-state index contributed by atoms with van der Waals surface area (Å²) in [4.78, 5) is 67.5. The summed E-state index contributed by atoms with van der Waals surface area (Å²) in [6.45, 7) is 3.87. The minimum absolute atomic E-state index is 0.0613. The molecule has 4 rings (SSSR count). The van der Waals surface area contributed by atoms with Gasteiger partial charge in [0.05, 0.1) is 17.5 Å². The van der Waals surface area contributed by atoms with E-state index in [1.165, 1.54) is 4.90 Å². The summed E-state index contributed by atoms with van der Waals surface area (Å²) in [6, 6.07) is 0.808. The Bertz CT molecular complexity index is 1160. The molecule has 9 heteroatoms. The number of nitrogens with zero attached hydrogens (tertiary/aromatic N) is 1. The molecule has 0 aliphatic heterocycles. The highest BCUT2D eigenvalue weighted by Crippen LogP contribution is 2.51. The number of phenols is 1. The van der Waals surface area contributed by atoms with Crippen LogP contribution in [0, 0.1) is 23.7 Å². The van der Waals surface area contributed by atoms with Gasteiger partial charge in [-0.25, -0.2) is 0 Å². The molecule has 0 radical (unpaired) electrons. The molecular formula is C26H32N2O7. The first-order valence-electron chi connectivity index (χ1n) is 12.1. The van der Waals surface area contributed by atoms with Gasteiger partial charge in [-0.2, -0.15) is 0 Å². The van der Waals surface area contributed by atoms with Gasteiger partial charge < -0.3 is 15.9 Å². The summed E-state index contributed by atoms with van der Waals surface area (Å²) in [5, 5.41) is 22.5. The van der Waals surface area contributed by atoms with Crippen molar-refractivity contribution >= 4 is 29.0 Å². The van der Waals surface area contributed by atoms with Crippen LogP contribution >= 0.6 is 0 Å². The zero-order valence-corrected chi connectivity index (χ0v) is 20.5. The Labute approximate surface area is 203 Å². The van der Waals surface area contributed by atoms with Crippen molar-refractivity contribution in [2.75, 3.05) is 14.1 Å². The number of likely N-dealkylation sites (N-methyl/N-ethyl adjacent to an activating group) is 1. The fourth-order valence-electron chi connectivity index (χ4n) is 6.57. The molecule has 6 atom stereocenters. The molecule has 2 fully saturated rings. The van der Waals surface area contributed by atoms with E-state index in [9.17, 15) is 34.2 Å². The van der Waals surface area contributed by atoms with E-state index < -0.39 is 64.4 Å². The standard InChI is InChI=1S/C26H32N2O7/c1-5-7-12-8-11(6-2)20(29)17-14(12)9-13-10-15-19(28(3)4)22(31)18(25(27)34)24(33)26(15,35)23(32)16(13)21(17)30/h8,13,15-16,18-19,29,35H,5-7,9-10H2,1-4H3,(H2,27,34)/t13-,15-,16?,18?,19-,26-/m1/s1. The molecule has 0 saturated heterocycles. The van der Waals surface area contributed by atoms with Gasteiger partial charge in [0, 0.05) is 5.92 Å². The largest absolute Gasteiger partial charge is 0.507 e. The van der Waals surface area contributed by atoms with Crippen LogP contribution < -0.4 is 5.73 Å². The third kappa shape index (κ3) is 3.39. The number of benzene rings is 1. The van der Waals surface area contributed by atoms with Gasteiger partial charge in [0.1, 0.15) is 5.75 Å². The van der Waals surface area contributed by atoms with E-state index in [-0.39, 0.29) is 17.7 Å². The number of rotatable bonds is 5. The van der Waals surface area contributed by atoms with Crippen LogP contribution in [0.4, 0.5) is 0 Å². The van der Waals surface area contributed by atoms with E-state index in [2.05, 4.69) is 0 Å². The summed E-state index contributed by atoms with van der Waals surface area (Å²) < 4.78 is 0. The van der Waals surface area contributed by atoms with Gasteiger partial charge >= 0.3 is 0 Å². The lowest BCUT2D eigenvalue weighted by atomic mass is 9.52. The van der Waals surface area contributed by atoms with E-state index >= 15 is 0 Å². The number of fused-ring (bicyclic) bond motifs is 3. The predicted molar refractivity (Wildman–Crippen MR) is 125 cm³/mol. The van der Waals surface area contributed by atoms with Gasteiger partial charge in [-0.15, -0.1) is 0 Å². The lowest BCUT2D eigenvalue weighted by molar-refractivity contribution is -0.181. The number of phenolic OH excluding ortho intramolecular Hbond substituents is 1. The molecule has 3 aliphatic rings. The Morgan fingerprint density at radius 1 is 1.14 bits per heavy atom. The molecule has 3 aliphatic carbocycles. The molecule has 4 N–H and O–H groups in total. The van der Waals surface area contributed by atoms with Gasteiger partial charge in [0.15, 0.2) is 34.7 Å². The second-order valence-corrected chi connectivity index (χ2v) is 10.3. The molecule has 0 spiro atoms. The second kappa shape index (κ2) is 8.64. The molecule has 1 aromatic carbocycles. The molecule has 0 aromatic heterocycles. The van der Waals surface area contributed by atoms with Crippen molar-refractivity contribution in [1.29, 1.82) is 0 Å². The van der Waals surface area contributed by atoms with Crippen LogP contribution in [0.3, 0.4) is 0 Å². The van der Waals surface area contributed by atoms with Gasteiger partial charge in [-0.05, 0) is 62.4 Å². The molecule has 9 nitrogen and oxygen atoms in total. The van der Waals surface area contributed by atoms with Gasteiger partial charge in [0.2, 0.25) is 5.91 Å². The molecule has 0 bridgehead atoms. The first kappa shape index (κ1) is 25.2. The average molecular weight is 485 g/mol. The first-order valence-corrected chi connectivity index (χ1v) is 12.1. The van der Waals surface area contributed by atoms with Gasteiger partial charge in [-0.3, -0.25) is 28.9 Å². The summed E-state index contributed by atoms with van der Waals surface area (Å²) in [7, 11) is 3.14. The minimum atomic E-state index is -2.69. The normalized spacial score (nSPS) is 32.3. The molecular weight excluding hydrogens is 452 g/mol. The van der Waals surface area contributed by atoms with Crippen LogP contribution in [0.5, 0.6) is 5.75 Å². The number of aliphatic hydroxyl groups is 1. The number of hydrogen-bond donors (Lipinski definition) is 3. The van der Waals surface area contributed by atoms with Crippen LogP contribution in [0.25, 0.3) is 0 Å². The quantitative estimate of drug-likeness (QED) is 0.507. The van der Waals surface area contributed by atoms with Crippen LogP contribution in [-0.2, 0) is 38.4 Å². The Kier molecular flexibility index (Phi) is 6.22. The lowest BCUT2D eigenvalue weighted by Gasteiger charge is -2.52. The first-order chi connectivity index (χ1) is 16.4. The Balaban J connectivity index is 1.89. The minimum Gasteiger partial charge on any atom is -0.507 e. The number of ketones is 4. The maximum atomic E-state index is 13.8. The highest BCUT2D eigenvalue weighted by Gasteiger charge is 2.69. The molecule has 0 heterocycles. The topological polar surface area (TPSA) is 155 Å². The highest BCUT2D eigenvalue weighted by atomic mass is 16.3. The third-order valence-corrected chi connectivity index (χ3v) is 8.13. The van der Waals surface area contributed by atoms with Crippen LogP contribution in [0.1, 0.15) is 53.7 Å². The SMILES string of the molecule is CCCc1cc(CC)c(O)c2c1C[C@@H]1C[C@@H]3[C@@H](N(C)C)C(=O)C(C(N)=O)C(=O)[C@]3(O)C(=O)C1C2=O. The van der Waals surface area contributed by atoms with E-state index in [0.29, 0.717) is 30.4 Å². The summed E-state index contributed by atoms with van der Waals surface area (Å²) in [5.41, 5.74) is 4.95. The van der Waals surface area contributed by atoms with Crippen molar-refractivity contribution < 1.29 is 34.2 Å². The predicted octanol–water partition coefficient (Wildman–Crippen LogP) is 0.382. The number of carbonyl (C=O) groups is 5. The zero-order valence-electron chi connectivity index (χ0n) is 20.5. The number of hydrogen-bond acceptors (Lipinski definition) is 8. The molecule has 2 saturated carbocycles. The monoisotopic (exact) mass is 484 g/mol. The third-order valence-electron chi connectivity index (χ3n) is 8.13. The summed E-state index contributed by atoms with van der Waals surface area (Å²) in [5.74, 6) is -10.0. The average Bonchev–Trinajstić information content (AvgIpc) is 2.77. The van der Waals surface area contributed by atoms with E-state index in [4.69, 9.17) is 5.73 Å². The highest BCUT2D eigenvalue weighted by molar-refractivity contribution is 6.32. The van der Waals surface area contributed by atoms with E-state index in [1.54, 1.807) is 14.1 Å². The van der Waals surface area contributed by atoms with Crippen molar-refractivity contribution in [2.45, 2.75) is 57.6 Å². The van der Waals surface area contributed by atoms with E-state index in [0.717, 1.165) is 12.0 Å². The summed E-state index contributed by atoms with van der Waals surface area (Å²) >= 11 is 0. The Morgan fingerprint density at radius 3 is 2.34 bits per heavy atom. The molecule has 35 heavy (non-hydrogen) atoms. The second-order valence-electron chi connectivity index (χ2n) is 10.3. The molecule has 188 valence electrons. The van der Waals surface area contributed by atoms with Crippen molar-refractivity contribution in [2.24, 2.45) is 29.4 Å².